The molecule has 0 unspecified atom stereocenters. The zero-order valence-electron chi connectivity index (χ0n) is 14.0. The molecule has 2 heteroatoms. The number of rotatable bonds is 7. The summed E-state index contributed by atoms with van der Waals surface area (Å²) >= 11 is 0. The second-order valence-corrected chi connectivity index (χ2v) is 12.7. The van der Waals surface area contributed by atoms with Crippen molar-refractivity contribution in [2.75, 3.05) is 0 Å². The average molecular weight is 281 g/mol. The maximum absolute atomic E-state index is 12.4. The molecule has 19 heavy (non-hydrogen) atoms. The Hall–Kier alpha value is -0.633. The first-order valence-corrected chi connectivity index (χ1v) is 10.3. The van der Waals surface area contributed by atoms with E-state index < -0.39 is 8.07 Å². The standard InChI is InChI=1S/C17H32OSi/c1-14(2)10-9-11-15(3)12-13-16(18)19(7,8)17(4,5)6/h10H,3,9,11-13H2,1-2,4-8H3. The van der Waals surface area contributed by atoms with Crippen molar-refractivity contribution in [3.63, 3.8) is 0 Å². The summed E-state index contributed by atoms with van der Waals surface area (Å²) in [5.41, 5.74) is 2.56. The van der Waals surface area contributed by atoms with Crippen LogP contribution in [0.5, 0.6) is 0 Å². The first kappa shape index (κ1) is 18.4. The predicted molar refractivity (Wildman–Crippen MR) is 89.2 cm³/mol. The quantitative estimate of drug-likeness (QED) is 0.433. The number of allylic oxidation sites excluding steroid dienone is 3. The first-order valence-electron chi connectivity index (χ1n) is 7.32. The van der Waals surface area contributed by atoms with Gasteiger partial charge in [-0.3, -0.25) is 0 Å². The average Bonchev–Trinajstić information content (AvgIpc) is 2.23. The lowest BCUT2D eigenvalue weighted by Crippen LogP contribution is -2.46. The Kier molecular flexibility index (Phi) is 6.99. The molecule has 0 bridgehead atoms. The van der Waals surface area contributed by atoms with E-state index in [1.807, 2.05) is 0 Å². The number of carbonyl (C=O) groups excluding carboxylic acids is 1. The summed E-state index contributed by atoms with van der Waals surface area (Å²) in [6, 6.07) is 0. The highest BCUT2D eigenvalue weighted by molar-refractivity contribution is 7.06. The van der Waals surface area contributed by atoms with Crippen LogP contribution in [0.1, 0.15) is 60.3 Å². The van der Waals surface area contributed by atoms with Crippen molar-refractivity contribution in [1.82, 2.24) is 0 Å². The Morgan fingerprint density at radius 3 is 2.05 bits per heavy atom. The molecule has 0 aromatic heterocycles. The van der Waals surface area contributed by atoms with E-state index in [1.165, 1.54) is 11.1 Å². The molecule has 0 atom stereocenters. The van der Waals surface area contributed by atoms with E-state index in [1.54, 1.807) is 0 Å². The maximum Gasteiger partial charge on any atom is 0.132 e. The summed E-state index contributed by atoms with van der Waals surface area (Å²) in [6.45, 7) is 19.3. The minimum Gasteiger partial charge on any atom is -0.305 e. The van der Waals surface area contributed by atoms with E-state index in [0.717, 1.165) is 19.3 Å². The minimum atomic E-state index is -1.82. The molecular formula is C17H32OSi. The molecule has 0 saturated carbocycles. The van der Waals surface area contributed by atoms with E-state index in [2.05, 4.69) is 60.4 Å². The van der Waals surface area contributed by atoms with Gasteiger partial charge in [0.25, 0.3) is 0 Å². The summed E-state index contributed by atoms with van der Waals surface area (Å²) in [6.07, 6.45) is 5.85. The molecule has 0 saturated heterocycles. The van der Waals surface area contributed by atoms with Crippen LogP contribution in [0.4, 0.5) is 0 Å². The predicted octanol–water partition coefficient (Wildman–Crippen LogP) is 5.69. The Bertz CT molecular complexity index is 352. The molecule has 0 rings (SSSR count). The lowest BCUT2D eigenvalue weighted by Gasteiger charge is -2.35. The van der Waals surface area contributed by atoms with Gasteiger partial charge in [-0.05, 0) is 38.1 Å². The molecule has 0 aromatic carbocycles. The Balaban J connectivity index is 4.24. The van der Waals surface area contributed by atoms with Gasteiger partial charge in [0.1, 0.15) is 13.5 Å². The van der Waals surface area contributed by atoms with Crippen LogP contribution < -0.4 is 0 Å². The van der Waals surface area contributed by atoms with Gasteiger partial charge in [-0.2, -0.15) is 0 Å². The largest absolute Gasteiger partial charge is 0.305 e. The Morgan fingerprint density at radius 2 is 1.63 bits per heavy atom. The van der Waals surface area contributed by atoms with Crippen LogP contribution in [0, 0.1) is 0 Å². The molecule has 0 aliphatic heterocycles. The van der Waals surface area contributed by atoms with Crippen molar-refractivity contribution in [3.8, 4) is 0 Å². The minimum absolute atomic E-state index is 0.146. The number of hydrogen-bond acceptors (Lipinski definition) is 1. The normalized spacial score (nSPS) is 12.2. The Morgan fingerprint density at radius 1 is 1.11 bits per heavy atom. The summed E-state index contributed by atoms with van der Waals surface area (Å²) in [5.74, 6) is 0. The molecular weight excluding hydrogens is 248 g/mol. The first-order chi connectivity index (χ1) is 8.48. The van der Waals surface area contributed by atoms with Crippen LogP contribution in [0.25, 0.3) is 0 Å². The van der Waals surface area contributed by atoms with Gasteiger partial charge in [0, 0.05) is 6.42 Å². The fourth-order valence-corrected chi connectivity index (χ4v) is 3.30. The van der Waals surface area contributed by atoms with Crippen molar-refractivity contribution < 1.29 is 4.79 Å². The summed E-state index contributed by atoms with van der Waals surface area (Å²) in [4.78, 5) is 12.4. The van der Waals surface area contributed by atoms with E-state index in [4.69, 9.17) is 0 Å². The van der Waals surface area contributed by atoms with Crippen LogP contribution in [0.15, 0.2) is 23.8 Å². The molecule has 0 fully saturated rings. The molecule has 0 aliphatic rings. The third-order valence-electron chi connectivity index (χ3n) is 4.33. The van der Waals surface area contributed by atoms with Gasteiger partial charge >= 0.3 is 0 Å². The zero-order valence-corrected chi connectivity index (χ0v) is 15.0. The summed E-state index contributed by atoms with van der Waals surface area (Å²) in [7, 11) is -1.82. The zero-order chi connectivity index (χ0) is 15.3. The van der Waals surface area contributed by atoms with Gasteiger partial charge in [0.2, 0.25) is 0 Å². The van der Waals surface area contributed by atoms with Crippen LogP contribution in [-0.2, 0) is 4.79 Å². The van der Waals surface area contributed by atoms with Gasteiger partial charge in [-0.25, -0.2) is 0 Å². The van der Waals surface area contributed by atoms with Crippen molar-refractivity contribution in [2.45, 2.75) is 78.4 Å². The molecule has 1 nitrogen and oxygen atoms in total. The molecule has 0 amide bonds. The van der Waals surface area contributed by atoms with E-state index in [0.29, 0.717) is 11.8 Å². The molecule has 0 radical (unpaired) electrons. The van der Waals surface area contributed by atoms with Gasteiger partial charge in [0.15, 0.2) is 0 Å². The SMILES string of the molecule is C=C(CCC=C(C)C)CCC(=O)[Si](C)(C)C(C)(C)C. The summed E-state index contributed by atoms with van der Waals surface area (Å²) < 4.78 is 0. The van der Waals surface area contributed by atoms with Crippen molar-refractivity contribution >= 4 is 13.5 Å². The smallest absolute Gasteiger partial charge is 0.132 e. The highest BCUT2D eigenvalue weighted by Gasteiger charge is 2.41. The molecule has 0 aliphatic carbocycles. The summed E-state index contributed by atoms with van der Waals surface area (Å²) in [5, 5.41) is 0.636. The number of hydrogen-bond donors (Lipinski definition) is 0. The monoisotopic (exact) mass is 280 g/mol. The van der Waals surface area contributed by atoms with Gasteiger partial charge in [-0.1, -0.05) is 57.7 Å². The molecule has 0 aromatic rings. The van der Waals surface area contributed by atoms with Crippen molar-refractivity contribution in [2.24, 2.45) is 0 Å². The van der Waals surface area contributed by atoms with Crippen LogP contribution in [-0.4, -0.2) is 13.5 Å². The highest BCUT2D eigenvalue weighted by Crippen LogP contribution is 2.37. The van der Waals surface area contributed by atoms with E-state index in [9.17, 15) is 4.79 Å². The fourth-order valence-electron chi connectivity index (χ4n) is 1.71. The molecule has 0 N–H and O–H groups in total. The second-order valence-electron chi connectivity index (χ2n) is 7.37. The number of carbonyl (C=O) groups is 1. The lowest BCUT2D eigenvalue weighted by molar-refractivity contribution is -0.112. The van der Waals surface area contributed by atoms with Gasteiger partial charge < -0.3 is 4.79 Å². The lowest BCUT2D eigenvalue weighted by atomic mass is 10.1. The molecule has 0 heterocycles. The molecule has 0 spiro atoms. The molecule has 110 valence electrons. The maximum atomic E-state index is 12.4. The second kappa shape index (κ2) is 7.23. The third kappa shape index (κ3) is 6.37. The van der Waals surface area contributed by atoms with E-state index in [-0.39, 0.29) is 5.04 Å². The van der Waals surface area contributed by atoms with Crippen LogP contribution in [0.3, 0.4) is 0 Å². The van der Waals surface area contributed by atoms with Crippen molar-refractivity contribution in [3.05, 3.63) is 23.8 Å². The Labute approximate surface area is 121 Å². The van der Waals surface area contributed by atoms with Crippen molar-refractivity contribution in [1.29, 1.82) is 0 Å². The third-order valence-corrected chi connectivity index (χ3v) is 9.72. The fraction of sp³-hybridized carbons (Fsp3) is 0.706. The van der Waals surface area contributed by atoms with Crippen LogP contribution in [0.2, 0.25) is 18.1 Å². The highest BCUT2D eigenvalue weighted by atomic mass is 28.3. The van der Waals surface area contributed by atoms with E-state index >= 15 is 0 Å². The van der Waals surface area contributed by atoms with Crippen LogP contribution >= 0.6 is 0 Å². The van der Waals surface area contributed by atoms with Gasteiger partial charge in [0.05, 0.1) is 0 Å². The van der Waals surface area contributed by atoms with Gasteiger partial charge in [-0.15, -0.1) is 0 Å². The topological polar surface area (TPSA) is 17.1 Å².